The second kappa shape index (κ2) is 5.96. The molecule has 0 aliphatic carbocycles. The molecule has 0 radical (unpaired) electrons. The molecule has 1 aliphatic rings. The Morgan fingerprint density at radius 2 is 2.20 bits per heavy atom. The molecule has 0 spiro atoms. The van der Waals surface area contributed by atoms with Crippen LogP contribution < -0.4 is 5.32 Å². The van der Waals surface area contributed by atoms with Gasteiger partial charge in [0.2, 0.25) is 5.91 Å². The van der Waals surface area contributed by atoms with Gasteiger partial charge >= 0.3 is 0 Å². The van der Waals surface area contributed by atoms with Gasteiger partial charge in [-0.2, -0.15) is 0 Å². The van der Waals surface area contributed by atoms with Crippen molar-refractivity contribution in [3.05, 3.63) is 29.8 Å². The third kappa shape index (κ3) is 2.93. The van der Waals surface area contributed by atoms with Crippen LogP contribution in [0.1, 0.15) is 10.5 Å². The lowest BCUT2D eigenvalue weighted by molar-refractivity contribution is -0.134. The molecule has 1 aromatic rings. The summed E-state index contributed by atoms with van der Waals surface area (Å²) in [6, 6.07) is 1.96. The van der Waals surface area contributed by atoms with Crippen molar-refractivity contribution in [2.75, 3.05) is 33.7 Å². The van der Waals surface area contributed by atoms with Gasteiger partial charge in [-0.05, 0) is 12.1 Å². The lowest BCUT2D eigenvalue weighted by atomic mass is 10.1. The predicted molar refractivity (Wildman–Crippen MR) is 70.6 cm³/mol. The maximum absolute atomic E-state index is 12.8. The van der Waals surface area contributed by atoms with Gasteiger partial charge in [-0.1, -0.05) is 0 Å². The average molecular weight is 280 g/mol. The van der Waals surface area contributed by atoms with Gasteiger partial charge < -0.3 is 15.1 Å². The van der Waals surface area contributed by atoms with Crippen molar-refractivity contribution in [3.8, 4) is 0 Å². The molecule has 1 fully saturated rings. The van der Waals surface area contributed by atoms with Crippen molar-refractivity contribution >= 4 is 11.8 Å². The second-order valence-corrected chi connectivity index (χ2v) is 4.81. The number of amides is 2. The highest BCUT2D eigenvalue weighted by Crippen LogP contribution is 2.11. The van der Waals surface area contributed by atoms with Crippen LogP contribution in [0, 0.1) is 5.82 Å². The molecule has 0 aromatic carbocycles. The third-order valence-corrected chi connectivity index (χ3v) is 3.18. The summed E-state index contributed by atoms with van der Waals surface area (Å²) >= 11 is 0. The Morgan fingerprint density at radius 3 is 2.80 bits per heavy atom. The molecular weight excluding hydrogens is 263 g/mol. The molecule has 0 saturated carbocycles. The smallest absolute Gasteiger partial charge is 0.273 e. The molecule has 6 nitrogen and oxygen atoms in total. The fraction of sp³-hybridized carbons (Fsp3) is 0.462. The minimum absolute atomic E-state index is 0.143. The monoisotopic (exact) mass is 280 g/mol. The maximum Gasteiger partial charge on any atom is 0.273 e. The zero-order chi connectivity index (χ0) is 14.7. The highest BCUT2D eigenvalue weighted by molar-refractivity contribution is 5.96. The summed E-state index contributed by atoms with van der Waals surface area (Å²) in [5.74, 6) is -0.998. The standard InChI is InChI=1S/C13H17FN4O2/c1-17(2)13(20)11-8-15-5-6-18(11)12(19)10-4-3-9(14)7-16-10/h3-4,7,11,15H,5-6,8H2,1-2H3. The Kier molecular flexibility index (Phi) is 4.29. The lowest BCUT2D eigenvalue weighted by Crippen LogP contribution is -2.59. The van der Waals surface area contributed by atoms with Crippen LogP contribution in [-0.2, 0) is 4.79 Å². The van der Waals surface area contributed by atoms with Crippen LogP contribution in [0.4, 0.5) is 4.39 Å². The molecule has 1 aliphatic heterocycles. The number of hydrogen-bond acceptors (Lipinski definition) is 4. The molecule has 20 heavy (non-hydrogen) atoms. The average Bonchev–Trinajstić information content (AvgIpc) is 2.46. The number of likely N-dealkylation sites (N-methyl/N-ethyl adjacent to an activating group) is 1. The summed E-state index contributed by atoms with van der Waals surface area (Å²) in [7, 11) is 3.30. The molecule has 1 atom stereocenters. The Balaban J connectivity index is 2.21. The number of halogens is 1. The van der Waals surface area contributed by atoms with E-state index in [9.17, 15) is 14.0 Å². The first-order valence-corrected chi connectivity index (χ1v) is 6.35. The van der Waals surface area contributed by atoms with Crippen LogP contribution in [0.3, 0.4) is 0 Å². The molecular formula is C13H17FN4O2. The van der Waals surface area contributed by atoms with E-state index in [1.54, 1.807) is 14.1 Å². The first-order valence-electron chi connectivity index (χ1n) is 6.35. The van der Waals surface area contributed by atoms with Crippen LogP contribution in [0.2, 0.25) is 0 Å². The molecule has 108 valence electrons. The Hall–Kier alpha value is -2.02. The van der Waals surface area contributed by atoms with E-state index in [0.717, 1.165) is 6.20 Å². The second-order valence-electron chi connectivity index (χ2n) is 4.81. The Bertz CT molecular complexity index is 504. The van der Waals surface area contributed by atoms with Crippen LogP contribution >= 0.6 is 0 Å². The van der Waals surface area contributed by atoms with Crippen molar-refractivity contribution in [1.29, 1.82) is 0 Å². The highest BCUT2D eigenvalue weighted by Gasteiger charge is 2.33. The molecule has 1 saturated heterocycles. The van der Waals surface area contributed by atoms with Crippen molar-refractivity contribution < 1.29 is 14.0 Å². The van der Waals surface area contributed by atoms with Crippen molar-refractivity contribution in [2.24, 2.45) is 0 Å². The SMILES string of the molecule is CN(C)C(=O)C1CNCCN1C(=O)c1ccc(F)cn1. The van der Waals surface area contributed by atoms with E-state index in [-0.39, 0.29) is 17.5 Å². The number of aromatic nitrogens is 1. The van der Waals surface area contributed by atoms with Gasteiger partial charge in [0, 0.05) is 33.7 Å². The van der Waals surface area contributed by atoms with Crippen molar-refractivity contribution in [3.63, 3.8) is 0 Å². The van der Waals surface area contributed by atoms with E-state index >= 15 is 0 Å². The topological polar surface area (TPSA) is 65.5 Å². The van der Waals surface area contributed by atoms with Gasteiger partial charge in [0.15, 0.2) is 0 Å². The van der Waals surface area contributed by atoms with Crippen LogP contribution in [0.25, 0.3) is 0 Å². The fourth-order valence-electron chi connectivity index (χ4n) is 2.12. The van der Waals surface area contributed by atoms with Crippen LogP contribution in [0.5, 0.6) is 0 Å². The summed E-state index contributed by atoms with van der Waals surface area (Å²) in [5, 5.41) is 3.09. The van der Waals surface area contributed by atoms with Gasteiger partial charge in [-0.25, -0.2) is 9.37 Å². The molecule has 2 heterocycles. The Morgan fingerprint density at radius 1 is 1.45 bits per heavy atom. The molecule has 1 unspecified atom stereocenters. The normalized spacial score (nSPS) is 18.8. The van der Waals surface area contributed by atoms with E-state index in [1.807, 2.05) is 0 Å². The number of carbonyl (C=O) groups is 2. The number of rotatable bonds is 2. The largest absolute Gasteiger partial charge is 0.347 e. The third-order valence-electron chi connectivity index (χ3n) is 3.18. The minimum Gasteiger partial charge on any atom is -0.347 e. The molecule has 1 aromatic heterocycles. The number of nitrogens with zero attached hydrogens (tertiary/aromatic N) is 3. The van der Waals surface area contributed by atoms with E-state index in [4.69, 9.17) is 0 Å². The lowest BCUT2D eigenvalue weighted by Gasteiger charge is -2.36. The molecule has 1 N–H and O–H groups in total. The number of carbonyl (C=O) groups excluding carboxylic acids is 2. The Labute approximate surface area is 116 Å². The van der Waals surface area contributed by atoms with E-state index in [2.05, 4.69) is 10.3 Å². The summed E-state index contributed by atoms with van der Waals surface area (Å²) < 4.78 is 12.8. The highest BCUT2D eigenvalue weighted by atomic mass is 19.1. The van der Waals surface area contributed by atoms with Gasteiger partial charge in [-0.15, -0.1) is 0 Å². The van der Waals surface area contributed by atoms with Gasteiger partial charge in [-0.3, -0.25) is 9.59 Å². The predicted octanol–water partition coefficient (Wildman–Crippen LogP) is -0.277. The number of pyridine rings is 1. The molecule has 0 bridgehead atoms. The first kappa shape index (κ1) is 14.4. The van der Waals surface area contributed by atoms with E-state index in [1.165, 1.54) is 21.9 Å². The van der Waals surface area contributed by atoms with Crippen molar-refractivity contribution in [1.82, 2.24) is 20.1 Å². The number of piperazine rings is 1. The van der Waals surface area contributed by atoms with Gasteiger partial charge in [0.1, 0.15) is 17.6 Å². The minimum atomic E-state index is -0.557. The summed E-state index contributed by atoms with van der Waals surface area (Å²) in [6.07, 6.45) is 0.998. The molecule has 2 rings (SSSR count). The molecule has 2 amide bonds. The van der Waals surface area contributed by atoms with E-state index < -0.39 is 11.9 Å². The van der Waals surface area contributed by atoms with Gasteiger partial charge in [0.25, 0.3) is 5.91 Å². The molecule has 7 heteroatoms. The van der Waals surface area contributed by atoms with Gasteiger partial charge in [0.05, 0.1) is 6.20 Å². The first-order chi connectivity index (χ1) is 9.50. The number of nitrogens with one attached hydrogen (secondary N) is 1. The van der Waals surface area contributed by atoms with Crippen molar-refractivity contribution in [2.45, 2.75) is 6.04 Å². The van der Waals surface area contributed by atoms with E-state index in [0.29, 0.717) is 19.6 Å². The van der Waals surface area contributed by atoms with Crippen LogP contribution in [0.15, 0.2) is 18.3 Å². The van der Waals surface area contributed by atoms with Crippen LogP contribution in [-0.4, -0.2) is 66.4 Å². The summed E-state index contributed by atoms with van der Waals surface area (Å²) in [5.41, 5.74) is 0.143. The zero-order valence-corrected chi connectivity index (χ0v) is 11.5. The maximum atomic E-state index is 12.8. The quantitative estimate of drug-likeness (QED) is 0.809. The fourth-order valence-corrected chi connectivity index (χ4v) is 2.12. The number of hydrogen-bond donors (Lipinski definition) is 1. The zero-order valence-electron chi connectivity index (χ0n) is 11.5. The summed E-state index contributed by atoms with van der Waals surface area (Å²) in [4.78, 5) is 31.2. The summed E-state index contributed by atoms with van der Waals surface area (Å²) in [6.45, 7) is 1.44.